The Morgan fingerprint density at radius 1 is 1.47 bits per heavy atom. The Morgan fingerprint density at radius 2 is 2.13 bits per heavy atom. The average molecular weight is 200 g/mol. The molecule has 1 aromatic rings. The van der Waals surface area contributed by atoms with Crippen molar-refractivity contribution >= 4 is 5.69 Å². The third-order valence-electron chi connectivity index (χ3n) is 2.28. The monoisotopic (exact) mass is 200 g/mol. The highest BCUT2D eigenvalue weighted by atomic mass is 15.1. The normalized spacial score (nSPS) is 9.73. The van der Waals surface area contributed by atoms with Crippen molar-refractivity contribution in [2.75, 3.05) is 11.4 Å². The molecule has 0 N–H and O–H groups in total. The molecule has 0 aliphatic carbocycles. The van der Waals surface area contributed by atoms with Crippen LogP contribution in [0.4, 0.5) is 5.69 Å². The van der Waals surface area contributed by atoms with E-state index in [9.17, 15) is 0 Å². The quantitative estimate of drug-likeness (QED) is 0.699. The fourth-order valence-electron chi connectivity index (χ4n) is 1.55. The molecule has 15 heavy (non-hydrogen) atoms. The van der Waals surface area contributed by atoms with Gasteiger partial charge in [0.25, 0.3) is 0 Å². The standard InChI is InChI=1S/C13H16N2/c1-4-9-15(11(2)3)13-8-6-5-7-12(13)10-14/h4-8,11H,1,9H2,2-3H3. The van der Waals surface area contributed by atoms with Crippen LogP contribution in [0.5, 0.6) is 0 Å². The van der Waals surface area contributed by atoms with Crippen LogP contribution in [0.3, 0.4) is 0 Å². The van der Waals surface area contributed by atoms with Gasteiger partial charge in [-0.15, -0.1) is 6.58 Å². The molecule has 0 amide bonds. The first-order valence-corrected chi connectivity index (χ1v) is 5.07. The van der Waals surface area contributed by atoms with Crippen molar-refractivity contribution in [1.29, 1.82) is 5.26 Å². The van der Waals surface area contributed by atoms with E-state index in [4.69, 9.17) is 5.26 Å². The number of para-hydroxylation sites is 1. The molecule has 2 heteroatoms. The van der Waals surface area contributed by atoms with Gasteiger partial charge in [-0.3, -0.25) is 0 Å². The van der Waals surface area contributed by atoms with Crippen LogP contribution in [0.1, 0.15) is 19.4 Å². The molecule has 0 fully saturated rings. The van der Waals surface area contributed by atoms with Gasteiger partial charge in [0.15, 0.2) is 0 Å². The van der Waals surface area contributed by atoms with E-state index in [0.29, 0.717) is 11.6 Å². The molecule has 78 valence electrons. The highest BCUT2D eigenvalue weighted by Crippen LogP contribution is 2.21. The van der Waals surface area contributed by atoms with Gasteiger partial charge >= 0.3 is 0 Å². The summed E-state index contributed by atoms with van der Waals surface area (Å²) < 4.78 is 0. The Balaban J connectivity index is 3.11. The highest BCUT2D eigenvalue weighted by molar-refractivity contribution is 5.59. The molecule has 0 heterocycles. The van der Waals surface area contributed by atoms with E-state index in [-0.39, 0.29) is 0 Å². The van der Waals surface area contributed by atoms with Crippen LogP contribution in [0, 0.1) is 11.3 Å². The minimum Gasteiger partial charge on any atom is -0.364 e. The summed E-state index contributed by atoms with van der Waals surface area (Å²) in [6, 6.07) is 10.2. The molecule has 1 rings (SSSR count). The third-order valence-corrected chi connectivity index (χ3v) is 2.28. The van der Waals surface area contributed by atoms with E-state index >= 15 is 0 Å². The zero-order valence-corrected chi connectivity index (χ0v) is 9.27. The lowest BCUT2D eigenvalue weighted by Crippen LogP contribution is -2.31. The number of anilines is 1. The molecule has 2 nitrogen and oxygen atoms in total. The van der Waals surface area contributed by atoms with Gasteiger partial charge in [0.2, 0.25) is 0 Å². The average Bonchev–Trinajstić information content (AvgIpc) is 2.25. The van der Waals surface area contributed by atoms with Crippen LogP contribution in [0.2, 0.25) is 0 Å². The van der Waals surface area contributed by atoms with E-state index in [2.05, 4.69) is 31.4 Å². The Labute approximate surface area is 91.4 Å². The molecule has 0 radical (unpaired) electrons. The van der Waals surface area contributed by atoms with Crippen molar-refractivity contribution in [3.05, 3.63) is 42.5 Å². The van der Waals surface area contributed by atoms with E-state index in [1.54, 1.807) is 0 Å². The van der Waals surface area contributed by atoms with Gasteiger partial charge in [0.05, 0.1) is 11.3 Å². The van der Waals surface area contributed by atoms with Crippen LogP contribution in [0.15, 0.2) is 36.9 Å². The summed E-state index contributed by atoms with van der Waals surface area (Å²) in [4.78, 5) is 2.16. The molecule has 0 spiro atoms. The predicted molar refractivity (Wildman–Crippen MR) is 63.8 cm³/mol. The van der Waals surface area contributed by atoms with Gasteiger partial charge in [-0.2, -0.15) is 5.26 Å². The van der Waals surface area contributed by atoms with Gasteiger partial charge in [-0.25, -0.2) is 0 Å². The summed E-state index contributed by atoms with van der Waals surface area (Å²) in [5.74, 6) is 0. The van der Waals surface area contributed by atoms with Gasteiger partial charge in [-0.1, -0.05) is 18.2 Å². The first-order chi connectivity index (χ1) is 7.20. The van der Waals surface area contributed by atoms with E-state index in [1.165, 1.54) is 0 Å². The van der Waals surface area contributed by atoms with Crippen molar-refractivity contribution in [3.8, 4) is 6.07 Å². The molecule has 0 aromatic heterocycles. The summed E-state index contributed by atoms with van der Waals surface area (Å²) in [6.45, 7) is 8.72. The Hall–Kier alpha value is -1.75. The molecule has 0 atom stereocenters. The fraction of sp³-hybridized carbons (Fsp3) is 0.308. The third kappa shape index (κ3) is 2.60. The summed E-state index contributed by atoms with van der Waals surface area (Å²) in [6.07, 6.45) is 1.86. The molecule has 0 aliphatic heterocycles. The maximum Gasteiger partial charge on any atom is 0.101 e. The zero-order valence-electron chi connectivity index (χ0n) is 9.27. The number of rotatable bonds is 4. The smallest absolute Gasteiger partial charge is 0.101 e. The zero-order chi connectivity index (χ0) is 11.3. The molecular weight excluding hydrogens is 184 g/mol. The first kappa shape index (κ1) is 11.3. The number of nitrogens with zero attached hydrogens (tertiary/aromatic N) is 2. The van der Waals surface area contributed by atoms with E-state index < -0.39 is 0 Å². The van der Waals surface area contributed by atoms with Gasteiger partial charge < -0.3 is 4.90 Å². The van der Waals surface area contributed by atoms with E-state index in [0.717, 1.165) is 12.2 Å². The van der Waals surface area contributed by atoms with Crippen molar-refractivity contribution in [2.24, 2.45) is 0 Å². The lowest BCUT2D eigenvalue weighted by atomic mass is 10.1. The first-order valence-electron chi connectivity index (χ1n) is 5.07. The fourth-order valence-corrected chi connectivity index (χ4v) is 1.55. The van der Waals surface area contributed by atoms with Crippen LogP contribution in [-0.2, 0) is 0 Å². The van der Waals surface area contributed by atoms with E-state index in [1.807, 2.05) is 30.3 Å². The summed E-state index contributed by atoms with van der Waals surface area (Å²) in [7, 11) is 0. The SMILES string of the molecule is C=CCN(c1ccccc1C#N)C(C)C. The van der Waals surface area contributed by atoms with Crippen LogP contribution in [0.25, 0.3) is 0 Å². The highest BCUT2D eigenvalue weighted by Gasteiger charge is 2.11. The van der Waals surface area contributed by atoms with Crippen molar-refractivity contribution in [3.63, 3.8) is 0 Å². The molecule has 0 saturated heterocycles. The second kappa shape index (κ2) is 5.21. The molecular formula is C13H16N2. The predicted octanol–water partition coefficient (Wildman–Crippen LogP) is 2.96. The number of hydrogen-bond acceptors (Lipinski definition) is 2. The van der Waals surface area contributed by atoms with Gasteiger partial charge in [0, 0.05) is 12.6 Å². The molecule has 0 unspecified atom stereocenters. The van der Waals surface area contributed by atoms with Crippen molar-refractivity contribution in [2.45, 2.75) is 19.9 Å². The van der Waals surface area contributed by atoms with Gasteiger partial charge in [0.1, 0.15) is 6.07 Å². The van der Waals surface area contributed by atoms with Gasteiger partial charge in [-0.05, 0) is 26.0 Å². The lowest BCUT2D eigenvalue weighted by Gasteiger charge is -2.28. The van der Waals surface area contributed by atoms with Crippen molar-refractivity contribution in [1.82, 2.24) is 0 Å². The van der Waals surface area contributed by atoms with Crippen LogP contribution < -0.4 is 4.90 Å². The van der Waals surface area contributed by atoms with Crippen LogP contribution in [-0.4, -0.2) is 12.6 Å². The Bertz CT molecular complexity index is 374. The van der Waals surface area contributed by atoms with Crippen molar-refractivity contribution < 1.29 is 0 Å². The molecule has 1 aromatic carbocycles. The molecule has 0 saturated carbocycles. The minimum absolute atomic E-state index is 0.359. The van der Waals surface area contributed by atoms with Crippen LogP contribution >= 0.6 is 0 Å². The Kier molecular flexibility index (Phi) is 3.93. The Morgan fingerprint density at radius 3 is 2.67 bits per heavy atom. The number of nitriles is 1. The lowest BCUT2D eigenvalue weighted by molar-refractivity contribution is 0.722. The largest absolute Gasteiger partial charge is 0.364 e. The summed E-state index contributed by atoms with van der Waals surface area (Å²) in [5, 5.41) is 9.01. The maximum absolute atomic E-state index is 9.01. The maximum atomic E-state index is 9.01. The number of hydrogen-bond donors (Lipinski definition) is 0. The second-order valence-electron chi connectivity index (χ2n) is 3.66. The summed E-state index contributed by atoms with van der Waals surface area (Å²) in [5.41, 5.74) is 1.70. The summed E-state index contributed by atoms with van der Waals surface area (Å²) >= 11 is 0. The molecule has 0 aliphatic rings. The topological polar surface area (TPSA) is 27.0 Å². The number of benzene rings is 1. The molecule has 0 bridgehead atoms. The minimum atomic E-state index is 0.359. The second-order valence-corrected chi connectivity index (χ2v) is 3.66.